The van der Waals surface area contributed by atoms with E-state index in [0.717, 1.165) is 22.6 Å². The highest BCUT2D eigenvalue weighted by Gasteiger charge is 2.07. The Morgan fingerprint density at radius 2 is 1.94 bits per heavy atom. The molecule has 0 amide bonds. The van der Waals surface area contributed by atoms with Gasteiger partial charge in [0, 0.05) is 29.9 Å². The molecule has 0 aliphatic carbocycles. The van der Waals surface area contributed by atoms with Crippen molar-refractivity contribution >= 4 is 0 Å². The molecule has 0 unspecified atom stereocenters. The molecular formula is C14H16FN3. The minimum absolute atomic E-state index is 0.0649. The highest BCUT2D eigenvalue weighted by molar-refractivity contribution is 5.23. The third kappa shape index (κ3) is 2.90. The number of hydrogen-bond acceptors (Lipinski definition) is 3. The number of nitrogens with zero attached hydrogens (tertiary/aromatic N) is 2. The lowest BCUT2D eigenvalue weighted by molar-refractivity contribution is 0.627. The van der Waals surface area contributed by atoms with Crippen molar-refractivity contribution in [3.05, 3.63) is 58.9 Å². The summed E-state index contributed by atoms with van der Waals surface area (Å²) in [6.45, 7) is 3.83. The van der Waals surface area contributed by atoms with Gasteiger partial charge in [-0.2, -0.15) is 0 Å². The average Bonchev–Trinajstić information content (AvgIpc) is 2.32. The van der Waals surface area contributed by atoms with Crippen LogP contribution in [-0.2, 0) is 6.42 Å². The molecule has 3 nitrogen and oxygen atoms in total. The van der Waals surface area contributed by atoms with Crippen LogP contribution in [0, 0.1) is 12.7 Å². The van der Waals surface area contributed by atoms with E-state index in [4.69, 9.17) is 5.73 Å². The zero-order valence-electron chi connectivity index (χ0n) is 10.5. The van der Waals surface area contributed by atoms with Crippen LogP contribution in [0.15, 0.2) is 30.5 Å². The van der Waals surface area contributed by atoms with Gasteiger partial charge in [-0.3, -0.25) is 0 Å². The summed E-state index contributed by atoms with van der Waals surface area (Å²) in [5.74, 6) is 0.492. The van der Waals surface area contributed by atoms with Gasteiger partial charge in [-0.1, -0.05) is 12.1 Å². The topological polar surface area (TPSA) is 51.8 Å². The van der Waals surface area contributed by atoms with Gasteiger partial charge in [0.15, 0.2) is 0 Å². The second-order valence-corrected chi connectivity index (χ2v) is 4.42. The predicted molar refractivity (Wildman–Crippen MR) is 68.6 cm³/mol. The second-order valence-electron chi connectivity index (χ2n) is 4.42. The van der Waals surface area contributed by atoms with Crippen LogP contribution in [0.4, 0.5) is 4.39 Å². The Morgan fingerprint density at radius 3 is 2.50 bits per heavy atom. The summed E-state index contributed by atoms with van der Waals surface area (Å²) in [5.41, 5.74) is 8.66. The first-order valence-corrected chi connectivity index (χ1v) is 5.88. The highest BCUT2D eigenvalue weighted by Crippen LogP contribution is 2.13. The summed E-state index contributed by atoms with van der Waals surface area (Å²) in [5, 5.41) is 0. The summed E-state index contributed by atoms with van der Waals surface area (Å²) in [6, 6.07) is 6.31. The van der Waals surface area contributed by atoms with Gasteiger partial charge in [0.25, 0.3) is 0 Å². The molecule has 1 heterocycles. The summed E-state index contributed by atoms with van der Waals surface area (Å²) >= 11 is 0. The van der Waals surface area contributed by atoms with E-state index in [1.54, 1.807) is 18.3 Å². The maximum absolute atomic E-state index is 12.8. The molecule has 1 aromatic heterocycles. The molecule has 0 bridgehead atoms. The van der Waals surface area contributed by atoms with Crippen LogP contribution in [0.2, 0.25) is 0 Å². The summed E-state index contributed by atoms with van der Waals surface area (Å²) in [4.78, 5) is 8.72. The van der Waals surface area contributed by atoms with E-state index in [2.05, 4.69) is 9.97 Å². The zero-order valence-corrected chi connectivity index (χ0v) is 10.5. The van der Waals surface area contributed by atoms with Crippen molar-refractivity contribution in [2.45, 2.75) is 26.3 Å². The molecule has 1 aromatic carbocycles. The van der Waals surface area contributed by atoms with Crippen LogP contribution in [-0.4, -0.2) is 9.97 Å². The third-order valence-electron chi connectivity index (χ3n) is 2.83. The van der Waals surface area contributed by atoms with Gasteiger partial charge in [-0.15, -0.1) is 0 Å². The summed E-state index contributed by atoms with van der Waals surface area (Å²) < 4.78 is 12.8. The predicted octanol–water partition coefficient (Wildman–Crippen LogP) is 2.53. The molecule has 4 heteroatoms. The maximum atomic E-state index is 12.8. The molecule has 0 radical (unpaired) electrons. The minimum atomic E-state index is -0.233. The number of benzene rings is 1. The van der Waals surface area contributed by atoms with Gasteiger partial charge < -0.3 is 5.73 Å². The van der Waals surface area contributed by atoms with E-state index in [1.165, 1.54) is 12.1 Å². The summed E-state index contributed by atoms with van der Waals surface area (Å²) in [6.07, 6.45) is 2.37. The first-order valence-electron chi connectivity index (χ1n) is 5.88. The Kier molecular flexibility index (Phi) is 3.67. The van der Waals surface area contributed by atoms with Crippen LogP contribution in [0.1, 0.15) is 35.6 Å². The number of aryl methyl sites for hydroxylation is 1. The van der Waals surface area contributed by atoms with E-state index < -0.39 is 0 Å². The quantitative estimate of drug-likeness (QED) is 0.904. The van der Waals surface area contributed by atoms with Crippen LogP contribution < -0.4 is 5.73 Å². The van der Waals surface area contributed by atoms with Gasteiger partial charge in [0.1, 0.15) is 11.6 Å². The molecular weight excluding hydrogens is 229 g/mol. The molecule has 0 saturated heterocycles. The fourth-order valence-corrected chi connectivity index (χ4v) is 1.84. The number of nitrogens with two attached hydrogens (primary N) is 1. The molecule has 0 fully saturated rings. The zero-order chi connectivity index (χ0) is 13.1. The van der Waals surface area contributed by atoms with Crippen molar-refractivity contribution in [1.82, 2.24) is 9.97 Å². The Hall–Kier alpha value is -1.81. The highest BCUT2D eigenvalue weighted by atomic mass is 19.1. The number of hydrogen-bond donors (Lipinski definition) is 1. The van der Waals surface area contributed by atoms with Crippen LogP contribution in [0.3, 0.4) is 0 Å². The fourth-order valence-electron chi connectivity index (χ4n) is 1.84. The maximum Gasteiger partial charge on any atom is 0.132 e. The standard InChI is InChI=1S/C14H16FN3/c1-9(16)13-8-17-14(18-10(13)2)7-11-3-5-12(15)6-4-11/h3-6,8-9H,7,16H2,1-2H3/t9-/m0/s1. The third-order valence-corrected chi connectivity index (χ3v) is 2.83. The normalized spacial score (nSPS) is 12.4. The Labute approximate surface area is 106 Å². The lowest BCUT2D eigenvalue weighted by Crippen LogP contribution is -2.10. The van der Waals surface area contributed by atoms with E-state index in [1.807, 2.05) is 13.8 Å². The Balaban J connectivity index is 2.20. The van der Waals surface area contributed by atoms with Crippen LogP contribution in [0.25, 0.3) is 0 Å². The van der Waals surface area contributed by atoms with Gasteiger partial charge in [0.05, 0.1) is 0 Å². The van der Waals surface area contributed by atoms with Gasteiger partial charge in [0.2, 0.25) is 0 Å². The number of aromatic nitrogens is 2. The van der Waals surface area contributed by atoms with Gasteiger partial charge in [-0.25, -0.2) is 14.4 Å². The molecule has 2 rings (SSSR count). The lowest BCUT2D eigenvalue weighted by Gasteiger charge is -2.09. The second kappa shape index (κ2) is 5.23. The molecule has 1 atom stereocenters. The first-order chi connectivity index (χ1) is 8.56. The fraction of sp³-hybridized carbons (Fsp3) is 0.286. The largest absolute Gasteiger partial charge is 0.324 e. The Bertz CT molecular complexity index is 535. The van der Waals surface area contributed by atoms with Crippen LogP contribution >= 0.6 is 0 Å². The van der Waals surface area contributed by atoms with E-state index in [-0.39, 0.29) is 11.9 Å². The van der Waals surface area contributed by atoms with Crippen molar-refractivity contribution in [3.8, 4) is 0 Å². The molecule has 18 heavy (non-hydrogen) atoms. The molecule has 0 spiro atoms. The van der Waals surface area contributed by atoms with Crippen molar-refractivity contribution in [1.29, 1.82) is 0 Å². The average molecular weight is 245 g/mol. The molecule has 2 N–H and O–H groups in total. The number of halogens is 1. The van der Waals surface area contributed by atoms with Crippen molar-refractivity contribution in [3.63, 3.8) is 0 Å². The van der Waals surface area contributed by atoms with Gasteiger partial charge in [-0.05, 0) is 31.5 Å². The first kappa shape index (κ1) is 12.6. The molecule has 0 aliphatic heterocycles. The molecule has 2 aromatic rings. The molecule has 0 aliphatic rings. The van der Waals surface area contributed by atoms with E-state index in [0.29, 0.717) is 6.42 Å². The monoisotopic (exact) mass is 245 g/mol. The summed E-state index contributed by atoms with van der Waals surface area (Å²) in [7, 11) is 0. The van der Waals surface area contributed by atoms with Crippen molar-refractivity contribution in [2.24, 2.45) is 5.73 Å². The van der Waals surface area contributed by atoms with Crippen molar-refractivity contribution in [2.75, 3.05) is 0 Å². The van der Waals surface area contributed by atoms with E-state index in [9.17, 15) is 4.39 Å². The smallest absolute Gasteiger partial charge is 0.132 e. The van der Waals surface area contributed by atoms with Crippen LogP contribution in [0.5, 0.6) is 0 Å². The Morgan fingerprint density at radius 1 is 1.28 bits per heavy atom. The molecule has 94 valence electrons. The minimum Gasteiger partial charge on any atom is -0.324 e. The SMILES string of the molecule is Cc1nc(Cc2ccc(F)cc2)ncc1[C@H](C)N. The number of rotatable bonds is 3. The van der Waals surface area contributed by atoms with Gasteiger partial charge >= 0.3 is 0 Å². The lowest BCUT2D eigenvalue weighted by atomic mass is 10.1. The molecule has 0 saturated carbocycles. The van der Waals surface area contributed by atoms with E-state index >= 15 is 0 Å². The van der Waals surface area contributed by atoms with Crippen molar-refractivity contribution < 1.29 is 4.39 Å².